The van der Waals surface area contributed by atoms with Crippen molar-refractivity contribution in [3.8, 4) is 11.4 Å². The second-order valence-electron chi connectivity index (χ2n) is 21.2. The molecule has 15 rings (SSSR count). The Bertz CT molecular complexity index is 4350. The van der Waals surface area contributed by atoms with Crippen molar-refractivity contribution in [3.05, 3.63) is 164 Å². The standard InChI is InChI=1S/C60H45BN2Si2/c1-64(2,3)34-26-28-50-45(30-34)47-31-35(65(4,5)6)32-49-59(47)62(50)52-24-15-25-53-57(52)61(49)58-55-43-23-14-12-19-39(43)37-17-8-10-21-41(37)46(55)33-48-56-51(63(53)60(48)58)29-27-44-40-20-9-7-16-36(40)38-18-11-13-22-42(38)54(44)56/h7-33H,1-6H3. The van der Waals surface area contributed by atoms with Gasteiger partial charge in [-0.3, -0.25) is 0 Å². The van der Waals surface area contributed by atoms with E-state index in [2.05, 4.69) is 212 Å². The zero-order chi connectivity index (χ0) is 43.4. The molecule has 11 aromatic carbocycles. The molecular formula is C60H45BN2Si2. The molecule has 0 saturated heterocycles. The van der Waals surface area contributed by atoms with Crippen LogP contribution in [0.1, 0.15) is 0 Å². The first kappa shape index (κ1) is 36.4. The summed E-state index contributed by atoms with van der Waals surface area (Å²) in [7, 11) is -3.42. The minimum absolute atomic E-state index is 0.0182. The van der Waals surface area contributed by atoms with E-state index in [1.54, 1.807) is 0 Å². The molecule has 0 amide bonds. The first-order valence-electron chi connectivity index (χ1n) is 23.4. The third kappa shape index (κ3) is 4.46. The molecule has 0 N–H and O–H groups in total. The molecule has 65 heavy (non-hydrogen) atoms. The van der Waals surface area contributed by atoms with Crippen molar-refractivity contribution in [1.82, 2.24) is 9.13 Å². The van der Waals surface area contributed by atoms with Crippen molar-refractivity contribution in [3.63, 3.8) is 0 Å². The van der Waals surface area contributed by atoms with Crippen molar-refractivity contribution in [2.45, 2.75) is 39.3 Å². The van der Waals surface area contributed by atoms with Gasteiger partial charge in [-0.25, -0.2) is 0 Å². The molecule has 2 nitrogen and oxygen atoms in total. The van der Waals surface area contributed by atoms with Gasteiger partial charge in [-0.05, 0) is 106 Å². The minimum atomic E-state index is -1.81. The van der Waals surface area contributed by atoms with Gasteiger partial charge in [0.1, 0.15) is 0 Å². The zero-order valence-corrected chi connectivity index (χ0v) is 39.6. The lowest BCUT2D eigenvalue weighted by atomic mass is 9.33. The number of benzene rings is 11. The molecule has 13 aromatic rings. The number of rotatable bonds is 2. The Morgan fingerprint density at radius 1 is 0.323 bits per heavy atom. The Kier molecular flexibility index (Phi) is 6.75. The molecule has 0 spiro atoms. The SMILES string of the molecule is C[Si](C)(C)c1ccc2c(c1)c1cc([Si](C)(C)C)cc3c1n2-c1cccc2c1B3c1c3c4ccccc4c4ccccc4c3cc3c4c5c6ccccc6c6ccccc6c5ccc4n-2c13. The summed E-state index contributed by atoms with van der Waals surface area (Å²) in [4.78, 5) is 0. The summed E-state index contributed by atoms with van der Waals surface area (Å²) in [5, 5.41) is 24.5. The summed E-state index contributed by atoms with van der Waals surface area (Å²) in [6, 6.07) is 64.0. The highest BCUT2D eigenvalue weighted by atomic mass is 28.3. The van der Waals surface area contributed by atoms with Crippen LogP contribution in [-0.4, -0.2) is 32.0 Å². The average molecular weight is 861 g/mol. The normalized spacial score (nSPS) is 13.7. The van der Waals surface area contributed by atoms with Gasteiger partial charge in [-0.1, -0.05) is 183 Å². The number of aromatic nitrogens is 2. The first-order valence-corrected chi connectivity index (χ1v) is 30.4. The third-order valence-electron chi connectivity index (χ3n) is 15.7. The van der Waals surface area contributed by atoms with Gasteiger partial charge >= 0.3 is 0 Å². The topological polar surface area (TPSA) is 9.86 Å². The lowest BCUT2D eigenvalue weighted by molar-refractivity contribution is 1.14. The first-order chi connectivity index (χ1) is 31.6. The molecule has 0 bridgehead atoms. The largest absolute Gasteiger partial charge is 0.310 e. The summed E-state index contributed by atoms with van der Waals surface area (Å²) in [5.74, 6) is 0. The van der Waals surface area contributed by atoms with Gasteiger partial charge in [-0.15, -0.1) is 0 Å². The van der Waals surface area contributed by atoms with Crippen molar-refractivity contribution >= 4 is 158 Å². The Balaban J connectivity index is 1.24. The van der Waals surface area contributed by atoms with Crippen molar-refractivity contribution in [1.29, 1.82) is 0 Å². The van der Waals surface area contributed by atoms with Crippen LogP contribution in [0.2, 0.25) is 39.3 Å². The fourth-order valence-corrected chi connectivity index (χ4v) is 15.2. The molecule has 0 radical (unpaired) electrons. The van der Waals surface area contributed by atoms with Crippen molar-refractivity contribution in [2.75, 3.05) is 0 Å². The van der Waals surface area contributed by atoms with Crippen LogP contribution < -0.4 is 26.8 Å². The molecule has 5 heteroatoms. The summed E-state index contributed by atoms with van der Waals surface area (Å²) in [6.45, 7) is 15.1. The number of hydrogen-bond donors (Lipinski definition) is 0. The highest BCUT2D eigenvalue weighted by molar-refractivity contribution is 7.02. The molecule has 0 fully saturated rings. The van der Waals surface area contributed by atoms with Crippen LogP contribution in [0.5, 0.6) is 0 Å². The Morgan fingerprint density at radius 3 is 1.42 bits per heavy atom. The highest BCUT2D eigenvalue weighted by Gasteiger charge is 2.43. The molecule has 2 aromatic heterocycles. The van der Waals surface area contributed by atoms with Gasteiger partial charge in [0.15, 0.2) is 0 Å². The molecule has 0 aliphatic carbocycles. The van der Waals surface area contributed by atoms with Crippen LogP contribution in [0, 0.1) is 0 Å². The van der Waals surface area contributed by atoms with Gasteiger partial charge < -0.3 is 9.13 Å². The molecule has 0 unspecified atom stereocenters. The predicted octanol–water partition coefficient (Wildman–Crippen LogP) is 13.0. The number of nitrogens with zero attached hydrogens (tertiary/aromatic N) is 2. The Hall–Kier alpha value is -6.92. The molecule has 306 valence electrons. The van der Waals surface area contributed by atoms with Crippen LogP contribution in [0.25, 0.3) is 120 Å². The maximum Gasteiger partial charge on any atom is 0.253 e. The van der Waals surface area contributed by atoms with Gasteiger partial charge in [0.05, 0.1) is 32.7 Å². The van der Waals surface area contributed by atoms with Crippen molar-refractivity contribution < 1.29 is 0 Å². The predicted molar refractivity (Wildman–Crippen MR) is 291 cm³/mol. The van der Waals surface area contributed by atoms with Crippen LogP contribution in [-0.2, 0) is 0 Å². The second kappa shape index (κ2) is 12.0. The van der Waals surface area contributed by atoms with E-state index in [1.807, 2.05) is 0 Å². The van der Waals surface area contributed by atoms with E-state index in [0.29, 0.717) is 0 Å². The van der Waals surface area contributed by atoms with E-state index in [0.717, 1.165) is 0 Å². The zero-order valence-electron chi connectivity index (χ0n) is 37.6. The van der Waals surface area contributed by atoms with Gasteiger partial charge in [0.2, 0.25) is 0 Å². The molecule has 0 atom stereocenters. The third-order valence-corrected chi connectivity index (χ3v) is 19.8. The van der Waals surface area contributed by atoms with Crippen LogP contribution >= 0.6 is 0 Å². The quantitative estimate of drug-likeness (QED) is 0.121. The van der Waals surface area contributed by atoms with Crippen molar-refractivity contribution in [2.24, 2.45) is 0 Å². The second-order valence-corrected chi connectivity index (χ2v) is 31.3. The van der Waals surface area contributed by atoms with E-state index in [-0.39, 0.29) is 6.71 Å². The van der Waals surface area contributed by atoms with Crippen LogP contribution in [0.3, 0.4) is 0 Å². The highest BCUT2D eigenvalue weighted by Crippen LogP contribution is 2.47. The maximum absolute atomic E-state index is 2.70. The summed E-state index contributed by atoms with van der Waals surface area (Å²) in [6.07, 6.45) is 0. The van der Waals surface area contributed by atoms with Gasteiger partial charge in [0.25, 0.3) is 6.71 Å². The molecule has 2 aliphatic rings. The maximum atomic E-state index is 2.70. The fourth-order valence-electron chi connectivity index (χ4n) is 12.8. The van der Waals surface area contributed by atoms with Crippen LogP contribution in [0.15, 0.2) is 164 Å². The summed E-state index contributed by atoms with van der Waals surface area (Å²) in [5.41, 5.74) is 12.2. The molecular weight excluding hydrogens is 816 g/mol. The van der Waals surface area contributed by atoms with E-state index < -0.39 is 16.1 Å². The number of hydrogen-bond acceptors (Lipinski definition) is 0. The van der Waals surface area contributed by atoms with E-state index in [4.69, 9.17) is 0 Å². The molecule has 0 saturated carbocycles. The van der Waals surface area contributed by atoms with Gasteiger partial charge in [-0.2, -0.15) is 0 Å². The van der Waals surface area contributed by atoms with E-state index >= 15 is 0 Å². The fraction of sp³-hybridized carbons (Fsp3) is 0.100. The average Bonchev–Trinajstić information content (AvgIpc) is 3.84. The van der Waals surface area contributed by atoms with Gasteiger partial charge in [0, 0.05) is 43.8 Å². The lowest BCUT2D eigenvalue weighted by Gasteiger charge is -2.35. The minimum Gasteiger partial charge on any atom is -0.310 e. The summed E-state index contributed by atoms with van der Waals surface area (Å²) >= 11 is 0. The Morgan fingerprint density at radius 2 is 0.815 bits per heavy atom. The smallest absolute Gasteiger partial charge is 0.253 e. The summed E-state index contributed by atoms with van der Waals surface area (Å²) < 4.78 is 5.36. The lowest BCUT2D eigenvalue weighted by Crippen LogP contribution is -2.60. The van der Waals surface area contributed by atoms with E-state index in [9.17, 15) is 0 Å². The molecule has 2 aliphatic heterocycles. The molecule has 4 heterocycles. The van der Waals surface area contributed by atoms with E-state index in [1.165, 1.54) is 146 Å². The number of fused-ring (bicyclic) bond motifs is 24. The Labute approximate surface area is 379 Å². The monoisotopic (exact) mass is 860 g/mol. The van der Waals surface area contributed by atoms with Crippen LogP contribution in [0.4, 0.5) is 0 Å².